The van der Waals surface area contributed by atoms with E-state index in [0.717, 1.165) is 6.26 Å². The number of imidazole rings is 1. The fraction of sp³-hybridized carbons (Fsp3) is 0.565. The molecule has 12 nitrogen and oxygen atoms in total. The molecule has 2 aliphatic rings. The number of benzene rings is 1. The highest BCUT2D eigenvalue weighted by molar-refractivity contribution is 7.88. The second-order valence-corrected chi connectivity index (χ2v) is 11.2. The molecule has 0 bridgehead atoms. The summed E-state index contributed by atoms with van der Waals surface area (Å²) in [7, 11) is -1.83. The minimum absolute atomic E-state index is 0.0162. The molecule has 3 heterocycles. The Morgan fingerprint density at radius 3 is 2.37 bits per heavy atom. The first kappa shape index (κ1) is 26.4. The summed E-state index contributed by atoms with van der Waals surface area (Å²) in [4.78, 5) is 19.8. The first-order chi connectivity index (χ1) is 18.2. The quantitative estimate of drug-likeness (QED) is 0.428. The molecule has 38 heavy (non-hydrogen) atoms. The smallest absolute Gasteiger partial charge is 0.296 e. The Morgan fingerprint density at radius 2 is 1.71 bits per heavy atom. The molecule has 0 unspecified atom stereocenters. The largest absolute Gasteiger partial charge is 0.494 e. The highest BCUT2D eigenvalue weighted by Gasteiger charge is 2.27. The number of methoxy groups -OCH3 is 1. The Hall–Kier alpha value is -3.17. The molecule has 1 aromatic carbocycles. The van der Waals surface area contributed by atoms with Crippen LogP contribution in [0.3, 0.4) is 0 Å². The number of hydrogen-bond acceptors (Lipinski definition) is 10. The van der Waals surface area contributed by atoms with E-state index in [1.54, 1.807) is 18.2 Å². The van der Waals surface area contributed by atoms with Gasteiger partial charge in [0.05, 0.1) is 32.1 Å². The maximum atomic E-state index is 14.2. The second-order valence-electron chi connectivity index (χ2n) is 9.38. The standard InChI is InChI=1S/C23H30F2N8O4S/c1-36-17-5-3-4-16-18(17)27-20(19(24)25)33(16)23-29-21(28-22(30-23)32-10-12-37-13-11-32)26-14-6-8-15(9-7-14)31-38(2,34)35/h3-5,14-15,19,31H,6-13H2,1-2H3,(H,26,28,29,30)/t14-,15+. The van der Waals surface area contributed by atoms with Gasteiger partial charge in [0.25, 0.3) is 6.43 Å². The molecule has 2 aromatic heterocycles. The summed E-state index contributed by atoms with van der Waals surface area (Å²) < 4.78 is 66.2. The van der Waals surface area contributed by atoms with Crippen LogP contribution in [-0.2, 0) is 14.8 Å². The van der Waals surface area contributed by atoms with Crippen molar-refractivity contribution in [1.29, 1.82) is 0 Å². The Balaban J connectivity index is 1.51. The number of anilines is 2. The van der Waals surface area contributed by atoms with E-state index in [2.05, 4.69) is 30.0 Å². The summed E-state index contributed by atoms with van der Waals surface area (Å²) in [6.07, 6.45) is 0.953. The molecule has 2 N–H and O–H groups in total. The van der Waals surface area contributed by atoms with E-state index >= 15 is 0 Å². The number of ether oxygens (including phenoxy) is 2. The molecule has 0 atom stereocenters. The van der Waals surface area contributed by atoms with Gasteiger partial charge in [-0.2, -0.15) is 15.0 Å². The molecular formula is C23H30F2N8O4S. The van der Waals surface area contributed by atoms with Crippen LogP contribution in [-0.4, -0.2) is 84.7 Å². The first-order valence-electron chi connectivity index (χ1n) is 12.4. The maximum absolute atomic E-state index is 14.2. The van der Waals surface area contributed by atoms with Crippen LogP contribution in [0.2, 0.25) is 0 Å². The topological polar surface area (TPSA) is 136 Å². The van der Waals surface area contributed by atoms with Crippen molar-refractivity contribution in [3.63, 3.8) is 0 Å². The van der Waals surface area contributed by atoms with E-state index in [9.17, 15) is 17.2 Å². The second kappa shape index (κ2) is 10.9. The van der Waals surface area contributed by atoms with Crippen LogP contribution in [0.1, 0.15) is 37.9 Å². The number of nitrogens with zero attached hydrogens (tertiary/aromatic N) is 6. The van der Waals surface area contributed by atoms with Crippen LogP contribution in [0.25, 0.3) is 17.0 Å². The molecule has 1 aliphatic heterocycles. The van der Waals surface area contributed by atoms with Gasteiger partial charge in [-0.15, -0.1) is 0 Å². The number of rotatable bonds is 8. The van der Waals surface area contributed by atoms with Gasteiger partial charge in [0.2, 0.25) is 27.9 Å². The van der Waals surface area contributed by atoms with E-state index in [0.29, 0.717) is 69.2 Å². The molecule has 206 valence electrons. The molecule has 2 fully saturated rings. The van der Waals surface area contributed by atoms with Gasteiger partial charge in [-0.3, -0.25) is 4.57 Å². The van der Waals surface area contributed by atoms with E-state index in [1.165, 1.54) is 11.7 Å². The van der Waals surface area contributed by atoms with Crippen molar-refractivity contribution in [2.75, 3.05) is 49.9 Å². The Kier molecular flexibility index (Phi) is 7.59. The predicted molar refractivity (Wildman–Crippen MR) is 137 cm³/mol. The molecule has 5 rings (SSSR count). The van der Waals surface area contributed by atoms with E-state index < -0.39 is 22.3 Å². The monoisotopic (exact) mass is 552 g/mol. The van der Waals surface area contributed by atoms with Gasteiger partial charge in [0, 0.05) is 25.2 Å². The minimum atomic E-state index is -3.28. The highest BCUT2D eigenvalue weighted by atomic mass is 32.2. The summed E-state index contributed by atoms with van der Waals surface area (Å²) >= 11 is 0. The van der Waals surface area contributed by atoms with Gasteiger partial charge in [0.15, 0.2) is 5.82 Å². The lowest BCUT2D eigenvalue weighted by Crippen LogP contribution is -2.40. The Labute approximate surface area is 218 Å². The van der Waals surface area contributed by atoms with Crippen LogP contribution >= 0.6 is 0 Å². The molecule has 0 radical (unpaired) electrons. The zero-order valence-electron chi connectivity index (χ0n) is 21.1. The number of morpholine rings is 1. The molecule has 1 saturated heterocycles. The average Bonchev–Trinajstić information content (AvgIpc) is 3.30. The summed E-state index contributed by atoms with van der Waals surface area (Å²) in [6, 6.07) is 4.87. The molecular weight excluding hydrogens is 522 g/mol. The lowest BCUT2D eigenvalue weighted by molar-refractivity contribution is 0.122. The van der Waals surface area contributed by atoms with Crippen LogP contribution in [0.4, 0.5) is 20.7 Å². The normalized spacial score (nSPS) is 20.7. The third-order valence-electron chi connectivity index (χ3n) is 6.64. The van der Waals surface area contributed by atoms with Crippen LogP contribution in [0, 0.1) is 0 Å². The maximum Gasteiger partial charge on any atom is 0.296 e. The molecule has 0 spiro atoms. The third-order valence-corrected chi connectivity index (χ3v) is 7.40. The fourth-order valence-corrected chi connectivity index (χ4v) is 5.72. The van der Waals surface area contributed by atoms with Crippen molar-refractivity contribution in [2.24, 2.45) is 0 Å². The number of para-hydroxylation sites is 1. The number of nitrogens with one attached hydrogen (secondary N) is 2. The van der Waals surface area contributed by atoms with Crippen LogP contribution in [0.5, 0.6) is 5.75 Å². The average molecular weight is 553 g/mol. The van der Waals surface area contributed by atoms with Crippen molar-refractivity contribution in [3.8, 4) is 11.7 Å². The van der Waals surface area contributed by atoms with E-state index in [4.69, 9.17) is 9.47 Å². The predicted octanol–water partition coefficient (Wildman–Crippen LogP) is 2.27. The van der Waals surface area contributed by atoms with Crippen molar-refractivity contribution in [3.05, 3.63) is 24.0 Å². The molecule has 3 aromatic rings. The number of halogens is 2. The fourth-order valence-electron chi connectivity index (χ4n) is 4.88. The number of aromatic nitrogens is 5. The van der Waals surface area contributed by atoms with E-state index in [1.807, 2.05) is 4.90 Å². The van der Waals surface area contributed by atoms with Gasteiger partial charge in [-0.25, -0.2) is 26.9 Å². The number of fused-ring (bicyclic) bond motifs is 1. The summed E-state index contributed by atoms with van der Waals surface area (Å²) in [5, 5.41) is 3.32. The molecule has 15 heteroatoms. The van der Waals surface area contributed by atoms with Crippen molar-refractivity contribution < 1.29 is 26.7 Å². The van der Waals surface area contributed by atoms with Crippen molar-refractivity contribution in [1.82, 2.24) is 29.2 Å². The van der Waals surface area contributed by atoms with Crippen molar-refractivity contribution >= 4 is 33.0 Å². The zero-order valence-corrected chi connectivity index (χ0v) is 21.9. The SMILES string of the molecule is COc1cccc2c1nc(C(F)F)n2-c1nc(N[C@H]2CC[C@@H](NS(C)(=O)=O)CC2)nc(N2CCOCC2)n1. The number of sulfonamides is 1. The lowest BCUT2D eigenvalue weighted by atomic mass is 9.92. The number of alkyl halides is 2. The van der Waals surface area contributed by atoms with E-state index in [-0.39, 0.29) is 29.5 Å². The first-order valence-corrected chi connectivity index (χ1v) is 14.3. The molecule has 0 amide bonds. The van der Waals surface area contributed by atoms with Crippen LogP contribution in [0.15, 0.2) is 18.2 Å². The molecule has 1 aliphatic carbocycles. The summed E-state index contributed by atoms with van der Waals surface area (Å²) in [5.41, 5.74) is 0.668. The third kappa shape index (κ3) is 5.78. The van der Waals surface area contributed by atoms with Gasteiger partial charge in [0.1, 0.15) is 11.3 Å². The summed E-state index contributed by atoms with van der Waals surface area (Å²) in [6.45, 7) is 2.08. The lowest BCUT2D eigenvalue weighted by Gasteiger charge is -2.30. The highest BCUT2D eigenvalue weighted by Crippen LogP contribution is 2.32. The molecule has 1 saturated carbocycles. The van der Waals surface area contributed by atoms with Crippen molar-refractivity contribution in [2.45, 2.75) is 44.2 Å². The van der Waals surface area contributed by atoms with Gasteiger partial charge >= 0.3 is 0 Å². The van der Waals surface area contributed by atoms with Crippen LogP contribution < -0.4 is 19.7 Å². The summed E-state index contributed by atoms with van der Waals surface area (Å²) in [5.74, 6) is 0.479. The van der Waals surface area contributed by atoms with Gasteiger partial charge < -0.3 is 19.7 Å². The zero-order chi connectivity index (χ0) is 26.9. The van der Waals surface area contributed by atoms with Gasteiger partial charge in [-0.1, -0.05) is 6.07 Å². The number of hydrogen-bond donors (Lipinski definition) is 2. The van der Waals surface area contributed by atoms with Gasteiger partial charge in [-0.05, 0) is 37.8 Å². The minimum Gasteiger partial charge on any atom is -0.494 e. The Morgan fingerprint density at radius 1 is 1.03 bits per heavy atom. The Bertz CT molecular complexity index is 1390.